The maximum absolute atomic E-state index is 12.0. The largest absolute Gasteiger partial charge is 0.461 e. The van der Waals surface area contributed by atoms with Crippen molar-refractivity contribution in [3.8, 4) is 0 Å². The third-order valence-electron chi connectivity index (χ3n) is 4.01. The molecule has 0 radical (unpaired) electrons. The van der Waals surface area contributed by atoms with Crippen molar-refractivity contribution in [1.82, 2.24) is 0 Å². The molecular weight excluding hydrogens is 188 g/mol. The highest BCUT2D eigenvalue weighted by Gasteiger charge is 2.49. The molecule has 86 valence electrons. The predicted molar refractivity (Wildman–Crippen MR) is 61.5 cm³/mol. The zero-order valence-electron chi connectivity index (χ0n) is 10.1. The van der Waals surface area contributed by atoms with E-state index in [0.717, 1.165) is 19.3 Å². The minimum absolute atomic E-state index is 0.0451. The Kier molecular flexibility index (Phi) is 3.58. The van der Waals surface area contributed by atoms with Crippen LogP contribution in [0.1, 0.15) is 46.5 Å². The van der Waals surface area contributed by atoms with Gasteiger partial charge in [-0.15, -0.1) is 0 Å². The minimum Gasteiger partial charge on any atom is -0.461 e. The summed E-state index contributed by atoms with van der Waals surface area (Å²) in [5, 5.41) is 0. The van der Waals surface area contributed by atoms with Crippen molar-refractivity contribution in [3.05, 3.63) is 12.7 Å². The first-order chi connectivity index (χ1) is 6.94. The standard InChI is InChI=1S/C13H22O2/c1-5-10-15-11(14)13(4)9-7-6-8-12(13,2)3/h5H,1,6-10H2,2-4H3. The monoisotopic (exact) mass is 210 g/mol. The highest BCUT2D eigenvalue weighted by Crippen LogP contribution is 2.50. The molecule has 2 nitrogen and oxygen atoms in total. The molecule has 1 rings (SSSR count). The number of hydrogen-bond donors (Lipinski definition) is 0. The smallest absolute Gasteiger partial charge is 0.312 e. The van der Waals surface area contributed by atoms with Crippen molar-refractivity contribution in [2.24, 2.45) is 10.8 Å². The number of rotatable bonds is 3. The van der Waals surface area contributed by atoms with Crippen LogP contribution in [0, 0.1) is 10.8 Å². The predicted octanol–water partition coefficient (Wildman–Crippen LogP) is 3.32. The van der Waals surface area contributed by atoms with E-state index in [4.69, 9.17) is 4.74 Å². The summed E-state index contributed by atoms with van der Waals surface area (Å²) in [5.74, 6) is -0.0629. The first-order valence-corrected chi connectivity index (χ1v) is 5.72. The number of carbonyl (C=O) groups is 1. The lowest BCUT2D eigenvalue weighted by molar-refractivity contribution is -0.164. The van der Waals surface area contributed by atoms with Gasteiger partial charge in [0.15, 0.2) is 0 Å². The van der Waals surface area contributed by atoms with Gasteiger partial charge < -0.3 is 4.74 Å². The summed E-state index contributed by atoms with van der Waals surface area (Å²) in [6, 6.07) is 0. The van der Waals surface area contributed by atoms with Crippen molar-refractivity contribution < 1.29 is 9.53 Å². The van der Waals surface area contributed by atoms with Gasteiger partial charge in [0.2, 0.25) is 0 Å². The van der Waals surface area contributed by atoms with E-state index in [1.165, 1.54) is 6.42 Å². The number of hydrogen-bond acceptors (Lipinski definition) is 2. The number of ether oxygens (including phenoxy) is 1. The quantitative estimate of drug-likeness (QED) is 0.527. The first-order valence-electron chi connectivity index (χ1n) is 5.72. The van der Waals surface area contributed by atoms with Crippen LogP contribution in [0.3, 0.4) is 0 Å². The Morgan fingerprint density at radius 1 is 1.33 bits per heavy atom. The Hall–Kier alpha value is -0.790. The molecule has 0 aromatic carbocycles. The second-order valence-electron chi connectivity index (χ2n) is 5.31. The second kappa shape index (κ2) is 4.38. The lowest BCUT2D eigenvalue weighted by Gasteiger charge is -2.45. The van der Waals surface area contributed by atoms with Crippen LogP contribution in [0.2, 0.25) is 0 Å². The summed E-state index contributed by atoms with van der Waals surface area (Å²) in [4.78, 5) is 12.0. The SMILES string of the molecule is C=CCOC(=O)C1(C)CCCCC1(C)C. The van der Waals surface area contributed by atoms with E-state index >= 15 is 0 Å². The number of carbonyl (C=O) groups excluding carboxylic acids is 1. The molecule has 0 amide bonds. The van der Waals surface area contributed by atoms with Gasteiger partial charge in [-0.3, -0.25) is 4.79 Å². The van der Waals surface area contributed by atoms with E-state index in [0.29, 0.717) is 6.61 Å². The summed E-state index contributed by atoms with van der Waals surface area (Å²) >= 11 is 0. The van der Waals surface area contributed by atoms with Crippen molar-refractivity contribution in [2.75, 3.05) is 6.61 Å². The van der Waals surface area contributed by atoms with Gasteiger partial charge in [0.05, 0.1) is 5.41 Å². The minimum atomic E-state index is -0.325. The average molecular weight is 210 g/mol. The van der Waals surface area contributed by atoms with E-state index in [2.05, 4.69) is 20.4 Å². The van der Waals surface area contributed by atoms with E-state index in [-0.39, 0.29) is 16.8 Å². The summed E-state index contributed by atoms with van der Waals surface area (Å²) in [6.07, 6.45) is 6.01. The molecule has 1 atom stereocenters. The van der Waals surface area contributed by atoms with Crippen molar-refractivity contribution in [2.45, 2.75) is 46.5 Å². The Bertz CT molecular complexity index is 255. The van der Waals surface area contributed by atoms with Gasteiger partial charge in [-0.1, -0.05) is 39.3 Å². The fraction of sp³-hybridized carbons (Fsp3) is 0.769. The molecule has 1 saturated carbocycles. The van der Waals surface area contributed by atoms with E-state index in [1.807, 2.05) is 6.92 Å². The van der Waals surface area contributed by atoms with Crippen LogP contribution in [-0.2, 0) is 9.53 Å². The van der Waals surface area contributed by atoms with Crippen molar-refractivity contribution in [1.29, 1.82) is 0 Å². The van der Waals surface area contributed by atoms with E-state index in [9.17, 15) is 4.79 Å². The summed E-state index contributed by atoms with van der Waals surface area (Å²) < 4.78 is 5.21. The molecule has 0 saturated heterocycles. The van der Waals surface area contributed by atoms with Gasteiger partial charge in [0.25, 0.3) is 0 Å². The molecule has 2 heteroatoms. The van der Waals surface area contributed by atoms with Crippen LogP contribution < -0.4 is 0 Å². The van der Waals surface area contributed by atoms with Gasteiger partial charge >= 0.3 is 5.97 Å². The van der Waals surface area contributed by atoms with Crippen LogP contribution in [0.15, 0.2) is 12.7 Å². The van der Waals surface area contributed by atoms with Crippen LogP contribution >= 0.6 is 0 Å². The molecule has 0 aromatic rings. The highest BCUT2D eigenvalue weighted by atomic mass is 16.5. The molecule has 1 aliphatic carbocycles. The zero-order chi connectivity index (χ0) is 11.5. The Morgan fingerprint density at radius 3 is 2.47 bits per heavy atom. The van der Waals surface area contributed by atoms with Gasteiger partial charge in [0.1, 0.15) is 6.61 Å². The fourth-order valence-corrected chi connectivity index (χ4v) is 2.33. The highest BCUT2D eigenvalue weighted by molar-refractivity contribution is 5.77. The molecule has 15 heavy (non-hydrogen) atoms. The molecule has 0 N–H and O–H groups in total. The molecule has 0 aliphatic heterocycles. The van der Waals surface area contributed by atoms with Crippen LogP contribution in [-0.4, -0.2) is 12.6 Å². The van der Waals surface area contributed by atoms with Gasteiger partial charge in [-0.25, -0.2) is 0 Å². The number of esters is 1. The van der Waals surface area contributed by atoms with Gasteiger partial charge in [0, 0.05) is 0 Å². The fourth-order valence-electron chi connectivity index (χ4n) is 2.33. The average Bonchev–Trinajstić information content (AvgIpc) is 2.18. The van der Waals surface area contributed by atoms with Crippen molar-refractivity contribution >= 4 is 5.97 Å². The molecule has 0 heterocycles. The summed E-state index contributed by atoms with van der Waals surface area (Å²) in [5.41, 5.74) is -0.280. The van der Waals surface area contributed by atoms with E-state index < -0.39 is 0 Å². The maximum atomic E-state index is 12.0. The third-order valence-corrected chi connectivity index (χ3v) is 4.01. The third kappa shape index (κ3) is 2.24. The first kappa shape index (κ1) is 12.3. The van der Waals surface area contributed by atoms with Gasteiger partial charge in [-0.05, 0) is 25.2 Å². The van der Waals surface area contributed by atoms with Crippen LogP contribution in [0.5, 0.6) is 0 Å². The lowest BCUT2D eigenvalue weighted by Crippen LogP contribution is -2.45. The van der Waals surface area contributed by atoms with Crippen LogP contribution in [0.25, 0.3) is 0 Å². The zero-order valence-corrected chi connectivity index (χ0v) is 10.1. The summed E-state index contributed by atoms with van der Waals surface area (Å²) in [6.45, 7) is 10.3. The topological polar surface area (TPSA) is 26.3 Å². The molecule has 0 spiro atoms. The summed E-state index contributed by atoms with van der Waals surface area (Å²) in [7, 11) is 0. The molecule has 1 aliphatic rings. The maximum Gasteiger partial charge on any atom is 0.312 e. The molecule has 1 unspecified atom stereocenters. The molecule has 0 bridgehead atoms. The van der Waals surface area contributed by atoms with Crippen LogP contribution in [0.4, 0.5) is 0 Å². The van der Waals surface area contributed by atoms with Gasteiger partial charge in [-0.2, -0.15) is 0 Å². The Labute approximate surface area is 92.7 Å². The normalized spacial score (nSPS) is 29.5. The van der Waals surface area contributed by atoms with E-state index in [1.54, 1.807) is 6.08 Å². The lowest BCUT2D eigenvalue weighted by atomic mass is 9.59. The second-order valence-corrected chi connectivity index (χ2v) is 5.31. The molecule has 0 aromatic heterocycles. The molecular formula is C13H22O2. The van der Waals surface area contributed by atoms with Crippen molar-refractivity contribution in [3.63, 3.8) is 0 Å². The molecule has 1 fully saturated rings. The Balaban J connectivity index is 2.77. The Morgan fingerprint density at radius 2 is 1.93 bits per heavy atom.